The summed E-state index contributed by atoms with van der Waals surface area (Å²) < 4.78 is 26.0. The summed E-state index contributed by atoms with van der Waals surface area (Å²) in [6.07, 6.45) is 2.13. The Labute approximate surface area is 102 Å². The minimum Gasteiger partial charge on any atom is -0.323 e. The fourth-order valence-electron chi connectivity index (χ4n) is 1.50. The molecule has 1 aromatic heterocycles. The molecule has 0 aliphatic rings. The zero-order valence-corrected chi connectivity index (χ0v) is 10.1. The summed E-state index contributed by atoms with van der Waals surface area (Å²) in [5, 5.41) is 0.808. The van der Waals surface area contributed by atoms with Crippen LogP contribution in [0, 0.1) is 11.6 Å². The Bertz CT molecular complexity index is 503. The molecule has 0 fully saturated rings. The molecular formula is C12H12F2N2S. The van der Waals surface area contributed by atoms with E-state index in [9.17, 15) is 8.78 Å². The van der Waals surface area contributed by atoms with Crippen molar-refractivity contribution in [2.75, 3.05) is 0 Å². The number of thiazole rings is 1. The monoisotopic (exact) mass is 254 g/mol. The molecule has 0 radical (unpaired) electrons. The minimum atomic E-state index is -0.566. The summed E-state index contributed by atoms with van der Waals surface area (Å²) in [4.78, 5) is 5.16. The molecule has 2 rings (SSSR count). The summed E-state index contributed by atoms with van der Waals surface area (Å²) in [5.41, 5.74) is 6.30. The zero-order chi connectivity index (χ0) is 12.4. The Balaban J connectivity index is 2.19. The van der Waals surface area contributed by atoms with Crippen LogP contribution in [0.4, 0.5) is 8.78 Å². The highest BCUT2D eigenvalue weighted by Gasteiger charge is 2.08. The smallest absolute Gasteiger partial charge is 0.126 e. The Morgan fingerprint density at radius 1 is 1.29 bits per heavy atom. The van der Waals surface area contributed by atoms with Gasteiger partial charge in [-0.15, -0.1) is 11.3 Å². The van der Waals surface area contributed by atoms with Gasteiger partial charge in [-0.05, 0) is 24.6 Å². The van der Waals surface area contributed by atoms with E-state index in [-0.39, 0.29) is 6.04 Å². The quantitative estimate of drug-likeness (QED) is 0.914. The Morgan fingerprint density at radius 3 is 2.47 bits per heavy atom. The average Bonchev–Trinajstić information content (AvgIpc) is 2.64. The Hall–Kier alpha value is -1.33. The SMILES string of the molecule is CC(N)c1cnc(Cc2cc(F)cc(F)c2)s1. The standard InChI is InChI=1S/C12H12F2N2S/c1-7(15)11-6-16-12(17-11)4-8-2-9(13)5-10(14)3-8/h2-3,5-7H,4,15H2,1H3. The fraction of sp³-hybridized carbons (Fsp3) is 0.250. The van der Waals surface area contributed by atoms with E-state index in [0.29, 0.717) is 12.0 Å². The molecule has 0 aliphatic heterocycles. The molecular weight excluding hydrogens is 242 g/mol. The molecule has 0 spiro atoms. The van der Waals surface area contributed by atoms with Gasteiger partial charge in [0.1, 0.15) is 11.6 Å². The van der Waals surface area contributed by atoms with Crippen molar-refractivity contribution in [2.45, 2.75) is 19.4 Å². The summed E-state index contributed by atoms with van der Waals surface area (Å²) in [7, 11) is 0. The third-order valence-electron chi connectivity index (χ3n) is 2.30. The third kappa shape index (κ3) is 3.08. The number of nitrogens with two attached hydrogens (primary N) is 1. The van der Waals surface area contributed by atoms with E-state index in [2.05, 4.69) is 4.98 Å². The van der Waals surface area contributed by atoms with Crippen LogP contribution < -0.4 is 5.73 Å². The first-order valence-corrected chi connectivity index (χ1v) is 6.01. The van der Waals surface area contributed by atoms with Gasteiger partial charge in [0.05, 0.1) is 5.01 Å². The van der Waals surface area contributed by atoms with Crippen molar-refractivity contribution in [3.05, 3.63) is 51.5 Å². The van der Waals surface area contributed by atoms with Crippen LogP contribution in [0.2, 0.25) is 0 Å². The van der Waals surface area contributed by atoms with Crippen LogP contribution >= 0.6 is 11.3 Å². The van der Waals surface area contributed by atoms with Crippen LogP contribution in [0.1, 0.15) is 28.4 Å². The topological polar surface area (TPSA) is 38.9 Å². The fourth-order valence-corrected chi connectivity index (χ4v) is 2.41. The molecule has 5 heteroatoms. The van der Waals surface area contributed by atoms with E-state index in [4.69, 9.17) is 5.73 Å². The number of rotatable bonds is 3. The maximum absolute atomic E-state index is 13.0. The van der Waals surface area contributed by atoms with Crippen LogP contribution in [0.15, 0.2) is 24.4 Å². The second-order valence-electron chi connectivity index (χ2n) is 3.90. The highest BCUT2D eigenvalue weighted by atomic mass is 32.1. The Kier molecular flexibility index (Phi) is 3.49. The number of hydrogen-bond donors (Lipinski definition) is 1. The normalized spacial score (nSPS) is 12.7. The van der Waals surface area contributed by atoms with Gasteiger partial charge in [-0.2, -0.15) is 0 Å². The van der Waals surface area contributed by atoms with Crippen LogP contribution in [0.25, 0.3) is 0 Å². The van der Waals surface area contributed by atoms with E-state index in [1.807, 2.05) is 6.92 Å². The van der Waals surface area contributed by atoms with E-state index >= 15 is 0 Å². The van der Waals surface area contributed by atoms with E-state index in [1.54, 1.807) is 6.20 Å². The molecule has 0 saturated heterocycles. The largest absolute Gasteiger partial charge is 0.323 e. The average molecular weight is 254 g/mol. The molecule has 1 atom stereocenters. The maximum atomic E-state index is 13.0. The van der Waals surface area contributed by atoms with Gasteiger partial charge in [0, 0.05) is 29.6 Å². The van der Waals surface area contributed by atoms with Crippen LogP contribution in [0.5, 0.6) is 0 Å². The molecule has 0 bridgehead atoms. The van der Waals surface area contributed by atoms with Gasteiger partial charge in [0.25, 0.3) is 0 Å². The van der Waals surface area contributed by atoms with Gasteiger partial charge in [-0.3, -0.25) is 0 Å². The number of nitrogens with zero attached hydrogens (tertiary/aromatic N) is 1. The van der Waals surface area contributed by atoms with Gasteiger partial charge >= 0.3 is 0 Å². The first kappa shape index (κ1) is 12.1. The molecule has 1 heterocycles. The second kappa shape index (κ2) is 4.89. The van der Waals surface area contributed by atoms with Crippen molar-refractivity contribution in [3.8, 4) is 0 Å². The van der Waals surface area contributed by atoms with E-state index in [0.717, 1.165) is 16.0 Å². The van der Waals surface area contributed by atoms with Crippen molar-refractivity contribution in [1.29, 1.82) is 0 Å². The van der Waals surface area contributed by atoms with Gasteiger partial charge in [-0.25, -0.2) is 13.8 Å². The number of benzene rings is 1. The number of halogens is 2. The molecule has 90 valence electrons. The summed E-state index contributed by atoms with van der Waals surface area (Å²) in [6, 6.07) is 3.43. The van der Waals surface area contributed by atoms with Gasteiger partial charge in [0.15, 0.2) is 0 Å². The first-order valence-electron chi connectivity index (χ1n) is 5.20. The lowest BCUT2D eigenvalue weighted by molar-refractivity contribution is 0.580. The number of aromatic nitrogens is 1. The van der Waals surface area contributed by atoms with Crippen molar-refractivity contribution in [2.24, 2.45) is 5.73 Å². The lowest BCUT2D eigenvalue weighted by Gasteiger charge is -2.00. The van der Waals surface area contributed by atoms with Crippen LogP contribution in [0.3, 0.4) is 0 Å². The van der Waals surface area contributed by atoms with E-state index in [1.165, 1.54) is 23.5 Å². The highest BCUT2D eigenvalue weighted by Crippen LogP contribution is 2.21. The molecule has 17 heavy (non-hydrogen) atoms. The van der Waals surface area contributed by atoms with Crippen molar-refractivity contribution in [3.63, 3.8) is 0 Å². The predicted octanol–water partition coefficient (Wildman–Crippen LogP) is 3.03. The third-order valence-corrected chi connectivity index (χ3v) is 3.50. The van der Waals surface area contributed by atoms with Gasteiger partial charge in [0.2, 0.25) is 0 Å². The molecule has 0 saturated carbocycles. The molecule has 2 aromatic rings. The number of hydrogen-bond acceptors (Lipinski definition) is 3. The van der Waals surface area contributed by atoms with Gasteiger partial charge in [-0.1, -0.05) is 0 Å². The maximum Gasteiger partial charge on any atom is 0.126 e. The van der Waals surface area contributed by atoms with Crippen molar-refractivity contribution >= 4 is 11.3 Å². The molecule has 0 aliphatic carbocycles. The molecule has 2 N–H and O–H groups in total. The molecule has 1 aromatic carbocycles. The zero-order valence-electron chi connectivity index (χ0n) is 9.28. The Morgan fingerprint density at radius 2 is 1.94 bits per heavy atom. The lowest BCUT2D eigenvalue weighted by atomic mass is 10.1. The minimum absolute atomic E-state index is 0.0644. The summed E-state index contributed by atoms with van der Waals surface area (Å²) in [6.45, 7) is 1.87. The summed E-state index contributed by atoms with van der Waals surface area (Å²) in [5.74, 6) is -1.13. The van der Waals surface area contributed by atoms with Crippen LogP contribution in [-0.4, -0.2) is 4.98 Å². The highest BCUT2D eigenvalue weighted by molar-refractivity contribution is 7.11. The van der Waals surface area contributed by atoms with Crippen molar-refractivity contribution in [1.82, 2.24) is 4.98 Å². The first-order chi connectivity index (χ1) is 8.04. The molecule has 0 amide bonds. The molecule has 2 nitrogen and oxygen atoms in total. The van der Waals surface area contributed by atoms with Gasteiger partial charge < -0.3 is 5.73 Å². The molecule has 1 unspecified atom stereocenters. The summed E-state index contributed by atoms with van der Waals surface area (Å²) >= 11 is 1.47. The van der Waals surface area contributed by atoms with Crippen molar-refractivity contribution < 1.29 is 8.78 Å². The lowest BCUT2D eigenvalue weighted by Crippen LogP contribution is -2.01. The van der Waals surface area contributed by atoms with Crippen LogP contribution in [-0.2, 0) is 6.42 Å². The predicted molar refractivity (Wildman–Crippen MR) is 63.9 cm³/mol. The van der Waals surface area contributed by atoms with E-state index < -0.39 is 11.6 Å². The second-order valence-corrected chi connectivity index (χ2v) is 5.05.